The van der Waals surface area contributed by atoms with E-state index in [1.54, 1.807) is 18.3 Å². The summed E-state index contributed by atoms with van der Waals surface area (Å²) in [5.74, 6) is 1.18. The number of ether oxygens (including phenoxy) is 2. The molecule has 1 aromatic carbocycles. The van der Waals surface area contributed by atoms with Gasteiger partial charge in [-0.2, -0.15) is 0 Å². The second-order valence-corrected chi connectivity index (χ2v) is 6.74. The molecule has 6 nitrogen and oxygen atoms in total. The number of nitrogens with one attached hydrogen (secondary N) is 1. The van der Waals surface area contributed by atoms with E-state index in [1.165, 1.54) is 0 Å². The summed E-state index contributed by atoms with van der Waals surface area (Å²) in [7, 11) is 0. The predicted molar refractivity (Wildman–Crippen MR) is 115 cm³/mol. The van der Waals surface area contributed by atoms with Crippen LogP contribution in [0.2, 0.25) is 0 Å². The summed E-state index contributed by atoms with van der Waals surface area (Å²) < 4.78 is 11.2. The summed E-state index contributed by atoms with van der Waals surface area (Å²) in [6, 6.07) is 9.44. The van der Waals surface area contributed by atoms with Crippen molar-refractivity contribution in [1.82, 2.24) is 4.98 Å². The van der Waals surface area contributed by atoms with E-state index in [1.807, 2.05) is 32.0 Å². The Hall–Kier alpha value is -1.86. The van der Waals surface area contributed by atoms with Gasteiger partial charge in [-0.1, -0.05) is 12.1 Å². The Balaban J connectivity index is 0.00000196. The second kappa shape index (κ2) is 10.6. The highest BCUT2D eigenvalue weighted by atomic mass is 35.5. The molecule has 2 heterocycles. The third-order valence-corrected chi connectivity index (χ3v) is 5.09. The highest BCUT2D eigenvalue weighted by Crippen LogP contribution is 2.31. The Morgan fingerprint density at radius 2 is 1.93 bits per heavy atom. The lowest BCUT2D eigenvalue weighted by molar-refractivity contribution is -0.130. The van der Waals surface area contributed by atoms with Gasteiger partial charge in [-0.05, 0) is 49.9 Å². The fraction of sp³-hybridized carbons (Fsp3) is 0.400. The number of aromatic nitrogens is 1. The maximum atomic E-state index is 12.7. The molecule has 3 N–H and O–H groups in total. The van der Waals surface area contributed by atoms with Crippen LogP contribution in [0.3, 0.4) is 0 Å². The van der Waals surface area contributed by atoms with Crippen LogP contribution < -0.4 is 15.8 Å². The van der Waals surface area contributed by atoms with Crippen molar-refractivity contribution in [3.63, 3.8) is 0 Å². The Morgan fingerprint density at radius 3 is 2.54 bits per heavy atom. The van der Waals surface area contributed by atoms with Crippen molar-refractivity contribution in [2.24, 2.45) is 11.1 Å². The van der Waals surface area contributed by atoms with E-state index in [-0.39, 0.29) is 30.7 Å². The zero-order chi connectivity index (χ0) is 18.6. The molecule has 3 rings (SSSR count). The van der Waals surface area contributed by atoms with Gasteiger partial charge in [0.2, 0.25) is 11.8 Å². The van der Waals surface area contributed by atoms with Gasteiger partial charge in [0.25, 0.3) is 0 Å². The minimum Gasteiger partial charge on any atom is -0.439 e. The van der Waals surface area contributed by atoms with Crippen molar-refractivity contribution in [1.29, 1.82) is 0 Å². The van der Waals surface area contributed by atoms with E-state index in [0.717, 1.165) is 16.9 Å². The smallest absolute Gasteiger partial charge is 0.232 e. The van der Waals surface area contributed by atoms with Crippen molar-refractivity contribution in [2.75, 3.05) is 25.1 Å². The molecule has 2 aromatic rings. The number of nitrogens with zero attached hydrogens (tertiary/aromatic N) is 1. The van der Waals surface area contributed by atoms with Gasteiger partial charge in [0.15, 0.2) is 0 Å². The van der Waals surface area contributed by atoms with Gasteiger partial charge in [0.1, 0.15) is 5.75 Å². The second-order valence-electron chi connectivity index (χ2n) is 6.74. The standard InChI is InChI=1S/C20H25N3O3.2ClH/c1-14-4-3-5-17(15(14)2)26-18-7-6-16(12-22-18)23-19(24)20(13-21)8-10-25-11-9-20;;/h3-7,12H,8-11,13,21H2,1-2H3,(H,23,24);2*1H. The summed E-state index contributed by atoms with van der Waals surface area (Å²) in [6.07, 6.45) is 2.87. The molecule has 154 valence electrons. The lowest BCUT2D eigenvalue weighted by Crippen LogP contribution is -2.46. The topological polar surface area (TPSA) is 86.5 Å². The van der Waals surface area contributed by atoms with Crippen LogP contribution in [0, 0.1) is 19.3 Å². The van der Waals surface area contributed by atoms with E-state index < -0.39 is 5.41 Å². The van der Waals surface area contributed by atoms with Gasteiger partial charge in [0.05, 0.1) is 17.3 Å². The first-order valence-electron chi connectivity index (χ1n) is 8.83. The Bertz CT molecular complexity index is 779. The minimum absolute atomic E-state index is 0. The molecule has 1 saturated heterocycles. The van der Waals surface area contributed by atoms with Crippen LogP contribution in [0.25, 0.3) is 0 Å². The van der Waals surface area contributed by atoms with Crippen LogP contribution in [-0.2, 0) is 9.53 Å². The van der Waals surface area contributed by atoms with Gasteiger partial charge in [-0.15, -0.1) is 24.8 Å². The molecule has 1 aromatic heterocycles. The van der Waals surface area contributed by atoms with Crippen molar-refractivity contribution in [2.45, 2.75) is 26.7 Å². The molecule has 1 aliphatic rings. The Kier molecular flexibility index (Phi) is 9.17. The molecule has 0 spiro atoms. The first kappa shape index (κ1) is 24.2. The number of amides is 1. The highest BCUT2D eigenvalue weighted by molar-refractivity contribution is 5.95. The summed E-state index contributed by atoms with van der Waals surface area (Å²) in [5, 5.41) is 2.92. The fourth-order valence-electron chi connectivity index (χ4n) is 3.01. The number of nitrogens with two attached hydrogens (primary N) is 1. The quantitative estimate of drug-likeness (QED) is 0.751. The predicted octanol–water partition coefficient (Wildman–Crippen LogP) is 4.03. The van der Waals surface area contributed by atoms with E-state index in [9.17, 15) is 4.79 Å². The number of aryl methyl sites for hydroxylation is 1. The Morgan fingerprint density at radius 1 is 1.21 bits per heavy atom. The molecular formula is C20H27Cl2N3O3. The maximum absolute atomic E-state index is 12.7. The number of carbonyl (C=O) groups is 1. The number of carbonyl (C=O) groups excluding carboxylic acids is 1. The lowest BCUT2D eigenvalue weighted by Gasteiger charge is -2.34. The molecule has 1 aliphatic heterocycles. The summed E-state index contributed by atoms with van der Waals surface area (Å²) >= 11 is 0. The van der Waals surface area contributed by atoms with Crippen LogP contribution in [-0.4, -0.2) is 30.6 Å². The average Bonchev–Trinajstić information content (AvgIpc) is 2.67. The van der Waals surface area contributed by atoms with Gasteiger partial charge in [-0.25, -0.2) is 4.98 Å². The lowest BCUT2D eigenvalue weighted by atomic mass is 9.79. The first-order chi connectivity index (χ1) is 12.5. The zero-order valence-corrected chi connectivity index (χ0v) is 17.7. The average molecular weight is 428 g/mol. The summed E-state index contributed by atoms with van der Waals surface area (Å²) in [5.41, 5.74) is 8.18. The Labute approximate surface area is 178 Å². The van der Waals surface area contributed by atoms with Crippen molar-refractivity contribution in [3.05, 3.63) is 47.7 Å². The molecule has 0 unspecified atom stereocenters. The highest BCUT2D eigenvalue weighted by Gasteiger charge is 2.38. The normalized spacial score (nSPS) is 15.0. The zero-order valence-electron chi connectivity index (χ0n) is 16.1. The molecule has 28 heavy (non-hydrogen) atoms. The number of halogens is 2. The summed E-state index contributed by atoms with van der Waals surface area (Å²) in [6.45, 7) is 5.48. The van der Waals surface area contributed by atoms with Gasteiger partial charge in [0, 0.05) is 25.8 Å². The molecule has 0 aliphatic carbocycles. The monoisotopic (exact) mass is 427 g/mol. The molecule has 1 fully saturated rings. The first-order valence-corrected chi connectivity index (χ1v) is 8.83. The third kappa shape index (κ3) is 5.35. The van der Waals surface area contributed by atoms with E-state index >= 15 is 0 Å². The molecule has 0 radical (unpaired) electrons. The third-order valence-electron chi connectivity index (χ3n) is 5.09. The molecule has 0 bridgehead atoms. The number of anilines is 1. The molecule has 8 heteroatoms. The van der Waals surface area contributed by atoms with Crippen LogP contribution in [0.4, 0.5) is 5.69 Å². The largest absolute Gasteiger partial charge is 0.439 e. The number of benzene rings is 1. The SMILES string of the molecule is Cc1cccc(Oc2ccc(NC(=O)C3(CN)CCOCC3)cn2)c1C.Cl.Cl. The minimum atomic E-state index is -0.563. The molecular weight excluding hydrogens is 401 g/mol. The van der Waals surface area contributed by atoms with Crippen molar-refractivity contribution < 1.29 is 14.3 Å². The van der Waals surface area contributed by atoms with E-state index in [4.69, 9.17) is 15.2 Å². The van der Waals surface area contributed by atoms with Crippen molar-refractivity contribution in [3.8, 4) is 11.6 Å². The summed E-state index contributed by atoms with van der Waals surface area (Å²) in [4.78, 5) is 17.0. The molecule has 0 atom stereocenters. The fourth-order valence-corrected chi connectivity index (χ4v) is 3.01. The number of hydrogen-bond donors (Lipinski definition) is 2. The van der Waals surface area contributed by atoms with Crippen LogP contribution in [0.1, 0.15) is 24.0 Å². The molecule has 1 amide bonds. The van der Waals surface area contributed by atoms with Crippen LogP contribution in [0.5, 0.6) is 11.6 Å². The number of rotatable bonds is 5. The number of hydrogen-bond acceptors (Lipinski definition) is 5. The van der Waals surface area contributed by atoms with Gasteiger partial charge in [-0.3, -0.25) is 4.79 Å². The van der Waals surface area contributed by atoms with Crippen LogP contribution >= 0.6 is 24.8 Å². The van der Waals surface area contributed by atoms with Gasteiger partial charge >= 0.3 is 0 Å². The van der Waals surface area contributed by atoms with Crippen LogP contribution in [0.15, 0.2) is 36.5 Å². The molecule has 0 saturated carbocycles. The van der Waals surface area contributed by atoms with Gasteiger partial charge < -0.3 is 20.5 Å². The van der Waals surface area contributed by atoms with E-state index in [2.05, 4.69) is 10.3 Å². The van der Waals surface area contributed by atoms with E-state index in [0.29, 0.717) is 44.2 Å². The maximum Gasteiger partial charge on any atom is 0.232 e. The number of pyridine rings is 1. The van der Waals surface area contributed by atoms with Crippen molar-refractivity contribution >= 4 is 36.4 Å².